The molecule has 4 heteroatoms. The van der Waals surface area contributed by atoms with E-state index in [0.29, 0.717) is 12.1 Å². The molecule has 0 saturated carbocycles. The van der Waals surface area contributed by atoms with E-state index in [2.05, 4.69) is 5.32 Å². The van der Waals surface area contributed by atoms with Gasteiger partial charge in [-0.3, -0.25) is 0 Å². The molecule has 0 aliphatic rings. The lowest BCUT2D eigenvalue weighted by molar-refractivity contribution is 0.176. The predicted molar refractivity (Wildman–Crippen MR) is 56.6 cm³/mol. The van der Waals surface area contributed by atoms with Gasteiger partial charge in [0.05, 0.1) is 13.2 Å². The lowest BCUT2D eigenvalue weighted by Gasteiger charge is -2.14. The number of methoxy groups -OCH3 is 1. The van der Waals surface area contributed by atoms with Crippen molar-refractivity contribution in [1.29, 1.82) is 0 Å². The van der Waals surface area contributed by atoms with E-state index >= 15 is 0 Å². The summed E-state index contributed by atoms with van der Waals surface area (Å²) in [5.41, 5.74) is 1.40. The van der Waals surface area contributed by atoms with E-state index in [0.717, 1.165) is 5.56 Å². The maximum atomic E-state index is 13.4. The molecule has 0 amide bonds. The zero-order valence-corrected chi connectivity index (χ0v) is 9.17. The molecule has 15 heavy (non-hydrogen) atoms. The van der Waals surface area contributed by atoms with E-state index in [4.69, 9.17) is 4.74 Å². The molecule has 1 aromatic rings. The Labute approximate surface area is 88.9 Å². The Hall–Kier alpha value is -1.13. The van der Waals surface area contributed by atoms with E-state index in [1.54, 1.807) is 13.1 Å². The van der Waals surface area contributed by atoms with Gasteiger partial charge in [0, 0.05) is 6.54 Å². The van der Waals surface area contributed by atoms with Crippen LogP contribution in [-0.2, 0) is 0 Å². The van der Waals surface area contributed by atoms with Crippen LogP contribution in [0.1, 0.15) is 17.2 Å². The van der Waals surface area contributed by atoms with Gasteiger partial charge >= 0.3 is 0 Å². The molecular weight excluding hydrogens is 197 g/mol. The number of ether oxygens (including phenoxy) is 1. The molecule has 0 aliphatic heterocycles. The second-order valence-corrected chi connectivity index (χ2v) is 3.42. The van der Waals surface area contributed by atoms with Gasteiger partial charge in [-0.1, -0.05) is 0 Å². The number of nitrogens with one attached hydrogen (secondary N) is 1. The quantitative estimate of drug-likeness (QED) is 0.794. The Morgan fingerprint density at radius 1 is 1.53 bits per heavy atom. The van der Waals surface area contributed by atoms with Crippen molar-refractivity contribution in [2.45, 2.75) is 13.0 Å². The van der Waals surface area contributed by atoms with Crippen molar-refractivity contribution < 1.29 is 14.2 Å². The van der Waals surface area contributed by atoms with Crippen LogP contribution in [0, 0.1) is 12.7 Å². The second-order valence-electron chi connectivity index (χ2n) is 3.42. The van der Waals surface area contributed by atoms with Gasteiger partial charge in [0.1, 0.15) is 0 Å². The lowest BCUT2D eigenvalue weighted by atomic mass is 10.0. The maximum Gasteiger partial charge on any atom is 0.165 e. The summed E-state index contributed by atoms with van der Waals surface area (Å²) < 4.78 is 18.2. The number of hydrogen-bond donors (Lipinski definition) is 2. The molecule has 2 N–H and O–H groups in total. The van der Waals surface area contributed by atoms with Gasteiger partial charge in [-0.15, -0.1) is 0 Å². The maximum absolute atomic E-state index is 13.4. The van der Waals surface area contributed by atoms with Gasteiger partial charge in [0.2, 0.25) is 0 Å². The molecule has 0 aromatic heterocycles. The summed E-state index contributed by atoms with van der Waals surface area (Å²) in [6, 6.07) is 2.90. The number of benzene rings is 1. The van der Waals surface area contributed by atoms with E-state index in [-0.39, 0.29) is 5.75 Å². The van der Waals surface area contributed by atoms with Crippen molar-refractivity contribution in [1.82, 2.24) is 5.32 Å². The highest BCUT2D eigenvalue weighted by atomic mass is 19.1. The van der Waals surface area contributed by atoms with Crippen molar-refractivity contribution >= 4 is 0 Å². The molecule has 0 heterocycles. The Kier molecular flexibility index (Phi) is 4.05. The summed E-state index contributed by atoms with van der Waals surface area (Å²) in [6.45, 7) is 2.21. The molecule has 1 aromatic carbocycles. The van der Waals surface area contributed by atoms with Gasteiger partial charge in [0.15, 0.2) is 11.6 Å². The third-order valence-corrected chi connectivity index (χ3v) is 2.30. The van der Waals surface area contributed by atoms with Gasteiger partial charge in [0.25, 0.3) is 0 Å². The summed E-state index contributed by atoms with van der Waals surface area (Å²) in [4.78, 5) is 0. The normalized spacial score (nSPS) is 12.6. The standard InChI is InChI=1S/C11H16FNO2/c1-7-4-11(15-3)9(12)5-8(7)10(14)6-13-2/h4-5,10,13-14H,6H2,1-3H3. The molecule has 0 saturated heterocycles. The van der Waals surface area contributed by atoms with Gasteiger partial charge in [-0.25, -0.2) is 4.39 Å². The van der Waals surface area contributed by atoms with Crippen molar-refractivity contribution in [2.24, 2.45) is 0 Å². The molecule has 0 aliphatic carbocycles. The Morgan fingerprint density at radius 3 is 2.73 bits per heavy atom. The second kappa shape index (κ2) is 5.09. The van der Waals surface area contributed by atoms with Crippen LogP contribution in [0.15, 0.2) is 12.1 Å². The highest BCUT2D eigenvalue weighted by molar-refractivity contribution is 5.37. The van der Waals surface area contributed by atoms with Crippen molar-refractivity contribution in [3.8, 4) is 5.75 Å². The van der Waals surface area contributed by atoms with Crippen LogP contribution in [0.2, 0.25) is 0 Å². The van der Waals surface area contributed by atoms with E-state index in [1.165, 1.54) is 13.2 Å². The zero-order valence-electron chi connectivity index (χ0n) is 9.17. The minimum absolute atomic E-state index is 0.202. The molecule has 0 fully saturated rings. The SMILES string of the molecule is CNCC(O)c1cc(F)c(OC)cc1C. The van der Waals surface area contributed by atoms with E-state index < -0.39 is 11.9 Å². The number of likely N-dealkylation sites (N-methyl/N-ethyl adjacent to an activating group) is 1. The summed E-state index contributed by atoms with van der Waals surface area (Å²) in [5.74, 6) is -0.249. The number of aliphatic hydroxyl groups excluding tert-OH is 1. The molecule has 0 radical (unpaired) electrons. The smallest absolute Gasteiger partial charge is 0.165 e. The average Bonchev–Trinajstić information content (AvgIpc) is 2.21. The molecule has 1 rings (SSSR count). The highest BCUT2D eigenvalue weighted by Crippen LogP contribution is 2.25. The lowest BCUT2D eigenvalue weighted by Crippen LogP contribution is -2.17. The van der Waals surface area contributed by atoms with Crippen LogP contribution in [-0.4, -0.2) is 25.8 Å². The minimum Gasteiger partial charge on any atom is -0.494 e. The van der Waals surface area contributed by atoms with Crippen LogP contribution in [0.5, 0.6) is 5.75 Å². The number of rotatable bonds is 4. The predicted octanol–water partition coefficient (Wildman–Crippen LogP) is 1.40. The molecule has 1 atom stereocenters. The minimum atomic E-state index is -0.699. The highest BCUT2D eigenvalue weighted by Gasteiger charge is 2.13. The Morgan fingerprint density at radius 2 is 2.20 bits per heavy atom. The number of hydrogen-bond acceptors (Lipinski definition) is 3. The van der Waals surface area contributed by atoms with Gasteiger partial charge < -0.3 is 15.2 Å². The fourth-order valence-electron chi connectivity index (χ4n) is 1.49. The van der Waals surface area contributed by atoms with Crippen LogP contribution in [0.4, 0.5) is 4.39 Å². The van der Waals surface area contributed by atoms with Crippen molar-refractivity contribution in [2.75, 3.05) is 20.7 Å². The third kappa shape index (κ3) is 2.67. The van der Waals surface area contributed by atoms with Crippen molar-refractivity contribution in [3.05, 3.63) is 29.1 Å². The Bertz CT molecular complexity index is 342. The monoisotopic (exact) mass is 213 g/mol. The van der Waals surface area contributed by atoms with Crippen LogP contribution in [0.25, 0.3) is 0 Å². The molecule has 1 unspecified atom stereocenters. The van der Waals surface area contributed by atoms with E-state index in [9.17, 15) is 9.50 Å². The van der Waals surface area contributed by atoms with Crippen LogP contribution >= 0.6 is 0 Å². The largest absolute Gasteiger partial charge is 0.494 e. The first-order chi connectivity index (χ1) is 7.10. The summed E-state index contributed by atoms with van der Waals surface area (Å²) in [5, 5.41) is 12.6. The number of halogens is 1. The molecule has 84 valence electrons. The number of aliphatic hydroxyl groups is 1. The van der Waals surface area contributed by atoms with Crippen molar-refractivity contribution in [3.63, 3.8) is 0 Å². The summed E-state index contributed by atoms with van der Waals surface area (Å²) in [7, 11) is 3.15. The average molecular weight is 213 g/mol. The molecule has 0 spiro atoms. The van der Waals surface area contributed by atoms with E-state index in [1.807, 2.05) is 6.92 Å². The fraction of sp³-hybridized carbons (Fsp3) is 0.455. The molecular formula is C11H16FNO2. The molecule has 0 bridgehead atoms. The van der Waals surface area contributed by atoms with Crippen LogP contribution < -0.4 is 10.1 Å². The topological polar surface area (TPSA) is 41.5 Å². The molecule has 3 nitrogen and oxygen atoms in total. The first-order valence-corrected chi connectivity index (χ1v) is 4.76. The first kappa shape index (κ1) is 11.9. The van der Waals surface area contributed by atoms with Gasteiger partial charge in [-0.05, 0) is 37.2 Å². The third-order valence-electron chi connectivity index (χ3n) is 2.30. The summed E-state index contributed by atoms with van der Waals surface area (Å²) in [6.07, 6.45) is -0.699. The summed E-state index contributed by atoms with van der Waals surface area (Å²) >= 11 is 0. The first-order valence-electron chi connectivity index (χ1n) is 4.76. The zero-order chi connectivity index (χ0) is 11.4. The Balaban J connectivity index is 3.04. The van der Waals surface area contributed by atoms with Crippen LogP contribution in [0.3, 0.4) is 0 Å². The number of aryl methyl sites for hydroxylation is 1. The van der Waals surface area contributed by atoms with Gasteiger partial charge in [-0.2, -0.15) is 0 Å². The fourth-order valence-corrected chi connectivity index (χ4v) is 1.49.